The first-order valence-electron chi connectivity index (χ1n) is 8.34. The van der Waals surface area contributed by atoms with Crippen molar-refractivity contribution in [3.05, 3.63) is 29.8 Å². The molecule has 4 rings (SSSR count). The van der Waals surface area contributed by atoms with Gasteiger partial charge >= 0.3 is 6.03 Å². The number of benzene rings is 1. The van der Waals surface area contributed by atoms with E-state index in [4.69, 9.17) is 5.73 Å². The number of likely N-dealkylation sites (tertiary alicyclic amines) is 1. The van der Waals surface area contributed by atoms with Crippen LogP contribution in [0.4, 0.5) is 10.5 Å². The van der Waals surface area contributed by atoms with Gasteiger partial charge in [0.05, 0.1) is 0 Å². The maximum Gasteiger partial charge on any atom is 0.321 e. The first-order chi connectivity index (χ1) is 11.1. The zero-order valence-corrected chi connectivity index (χ0v) is 14.3. The highest BCUT2D eigenvalue weighted by molar-refractivity contribution is 5.97. The molecule has 1 aromatic carbocycles. The number of carbonyl (C=O) groups excluding carboxylic acids is 2. The molecular weight excluding hydrogens is 328 g/mol. The zero-order valence-electron chi connectivity index (χ0n) is 13.5. The van der Waals surface area contributed by atoms with E-state index < -0.39 is 0 Å². The van der Waals surface area contributed by atoms with Crippen LogP contribution >= 0.6 is 12.4 Å². The molecule has 3 aliphatic rings. The van der Waals surface area contributed by atoms with Crippen molar-refractivity contribution in [1.82, 2.24) is 10.2 Å². The number of rotatable bonds is 2. The summed E-state index contributed by atoms with van der Waals surface area (Å²) < 4.78 is 0. The highest BCUT2D eigenvalue weighted by Gasteiger charge is 2.42. The number of nitrogens with zero attached hydrogens (tertiary/aromatic N) is 2. The molecule has 0 aromatic heterocycles. The first-order valence-corrected chi connectivity index (χ1v) is 8.34. The molecule has 6 nitrogen and oxygen atoms in total. The van der Waals surface area contributed by atoms with Crippen LogP contribution in [0.1, 0.15) is 23.2 Å². The molecule has 0 bridgehead atoms. The highest BCUT2D eigenvalue weighted by atomic mass is 35.5. The van der Waals surface area contributed by atoms with Crippen LogP contribution in [0.2, 0.25) is 0 Å². The van der Waals surface area contributed by atoms with Gasteiger partial charge in [-0.25, -0.2) is 4.79 Å². The fourth-order valence-electron chi connectivity index (χ4n) is 4.16. The van der Waals surface area contributed by atoms with Gasteiger partial charge in [0.2, 0.25) is 0 Å². The number of nitrogens with two attached hydrogens (primary N) is 1. The predicted molar refractivity (Wildman–Crippen MR) is 94.5 cm³/mol. The molecule has 0 spiro atoms. The summed E-state index contributed by atoms with van der Waals surface area (Å²) in [5.41, 5.74) is 7.66. The summed E-state index contributed by atoms with van der Waals surface area (Å²) in [7, 11) is 0. The minimum atomic E-state index is -0.0783. The topological polar surface area (TPSA) is 78.7 Å². The fraction of sp³-hybridized carbons (Fsp3) is 0.529. The monoisotopic (exact) mass is 350 g/mol. The molecule has 3 N–H and O–H groups in total. The second-order valence-electron chi connectivity index (χ2n) is 6.81. The molecule has 3 amide bonds. The van der Waals surface area contributed by atoms with Gasteiger partial charge in [-0.2, -0.15) is 0 Å². The molecule has 2 aliphatic heterocycles. The van der Waals surface area contributed by atoms with Crippen LogP contribution in [0.5, 0.6) is 0 Å². The Hall–Kier alpha value is -1.79. The number of nitrogens with one attached hydrogen (secondary N) is 1. The van der Waals surface area contributed by atoms with E-state index in [0.29, 0.717) is 30.5 Å². The molecule has 3 fully saturated rings. The molecule has 3 atom stereocenters. The van der Waals surface area contributed by atoms with Gasteiger partial charge in [0.25, 0.3) is 5.91 Å². The Bertz CT molecular complexity index is 636. The van der Waals surface area contributed by atoms with Gasteiger partial charge in [-0.15, -0.1) is 12.4 Å². The number of fused-ring (bicyclic) bond motifs is 1. The zero-order chi connectivity index (χ0) is 16.0. The second-order valence-corrected chi connectivity index (χ2v) is 6.81. The Balaban J connectivity index is 0.00000169. The van der Waals surface area contributed by atoms with Crippen LogP contribution in [0.3, 0.4) is 0 Å². The van der Waals surface area contributed by atoms with Crippen molar-refractivity contribution in [2.75, 3.05) is 31.1 Å². The normalized spacial score (nSPS) is 28.5. The van der Waals surface area contributed by atoms with E-state index in [0.717, 1.165) is 31.6 Å². The van der Waals surface area contributed by atoms with E-state index in [1.54, 1.807) is 4.90 Å². The number of hydrogen-bond acceptors (Lipinski definition) is 3. The van der Waals surface area contributed by atoms with Crippen molar-refractivity contribution in [2.24, 2.45) is 17.6 Å². The summed E-state index contributed by atoms with van der Waals surface area (Å²) in [6.45, 7) is 2.93. The minimum absolute atomic E-state index is 0. The number of anilines is 1. The van der Waals surface area contributed by atoms with Crippen LogP contribution in [-0.2, 0) is 0 Å². The van der Waals surface area contributed by atoms with E-state index in [1.165, 1.54) is 0 Å². The Morgan fingerprint density at radius 3 is 2.54 bits per heavy atom. The number of hydrogen-bond donors (Lipinski definition) is 2. The second kappa shape index (κ2) is 6.61. The smallest absolute Gasteiger partial charge is 0.321 e. The molecule has 0 radical (unpaired) electrons. The largest absolute Gasteiger partial charge is 0.338 e. The lowest BCUT2D eigenvalue weighted by Crippen LogP contribution is -2.33. The molecule has 7 heteroatoms. The van der Waals surface area contributed by atoms with Crippen LogP contribution < -0.4 is 16.0 Å². The van der Waals surface area contributed by atoms with Crippen molar-refractivity contribution in [2.45, 2.75) is 18.9 Å². The lowest BCUT2D eigenvalue weighted by Gasteiger charge is -2.19. The lowest BCUT2D eigenvalue weighted by atomic mass is 9.98. The standard InChI is InChI=1S/C17H22N4O2.ClH/c18-15-6-3-12-9-20(10-14(12)15)16(22)11-1-4-13(5-2-11)21-8-7-19-17(21)23;/h1-2,4-5,12,14-15H,3,6-10,18H2,(H,19,23);1H. The van der Waals surface area contributed by atoms with E-state index in [2.05, 4.69) is 5.32 Å². The Kier molecular flexibility index (Phi) is 4.69. The number of amides is 3. The number of halogens is 1. The summed E-state index contributed by atoms with van der Waals surface area (Å²) in [4.78, 5) is 28.0. The third-order valence-corrected chi connectivity index (χ3v) is 5.48. The lowest BCUT2D eigenvalue weighted by molar-refractivity contribution is 0.0779. The van der Waals surface area contributed by atoms with Crippen LogP contribution in [0.25, 0.3) is 0 Å². The average molecular weight is 351 g/mol. The van der Waals surface area contributed by atoms with Crippen LogP contribution in [0, 0.1) is 11.8 Å². The minimum Gasteiger partial charge on any atom is -0.338 e. The SMILES string of the molecule is Cl.NC1CCC2CN(C(=O)c3ccc(N4CCNC4=O)cc3)CC12. The summed E-state index contributed by atoms with van der Waals surface area (Å²) >= 11 is 0. The predicted octanol–water partition coefficient (Wildman–Crippen LogP) is 1.45. The Labute approximate surface area is 147 Å². The molecule has 2 heterocycles. The van der Waals surface area contributed by atoms with Gasteiger partial charge in [0, 0.05) is 43.5 Å². The van der Waals surface area contributed by atoms with Crippen molar-refractivity contribution >= 4 is 30.0 Å². The van der Waals surface area contributed by atoms with Gasteiger partial charge < -0.3 is 16.0 Å². The molecule has 3 unspecified atom stereocenters. The van der Waals surface area contributed by atoms with Crippen molar-refractivity contribution in [3.63, 3.8) is 0 Å². The van der Waals surface area contributed by atoms with E-state index in [9.17, 15) is 9.59 Å². The third kappa shape index (κ3) is 2.84. The summed E-state index contributed by atoms with van der Waals surface area (Å²) in [6.07, 6.45) is 2.22. The Morgan fingerprint density at radius 2 is 1.92 bits per heavy atom. The van der Waals surface area contributed by atoms with Gasteiger partial charge in [0.15, 0.2) is 0 Å². The summed E-state index contributed by atoms with van der Waals surface area (Å²) in [5.74, 6) is 1.11. The highest BCUT2D eigenvalue weighted by Crippen LogP contribution is 2.37. The molecule has 1 aliphatic carbocycles. The van der Waals surface area contributed by atoms with Gasteiger partial charge in [-0.05, 0) is 48.9 Å². The number of urea groups is 1. The van der Waals surface area contributed by atoms with E-state index >= 15 is 0 Å². The summed E-state index contributed by atoms with van der Waals surface area (Å²) in [6, 6.07) is 7.50. The van der Waals surface area contributed by atoms with Gasteiger partial charge in [-0.3, -0.25) is 9.69 Å². The molecule has 1 saturated carbocycles. The van der Waals surface area contributed by atoms with Crippen molar-refractivity contribution < 1.29 is 9.59 Å². The summed E-state index contributed by atoms with van der Waals surface area (Å²) in [5, 5.41) is 2.78. The molecule has 130 valence electrons. The van der Waals surface area contributed by atoms with Crippen molar-refractivity contribution in [3.8, 4) is 0 Å². The number of carbonyl (C=O) groups is 2. The maximum absolute atomic E-state index is 12.7. The van der Waals surface area contributed by atoms with Crippen LogP contribution in [-0.4, -0.2) is 49.1 Å². The van der Waals surface area contributed by atoms with Gasteiger partial charge in [0.1, 0.15) is 0 Å². The molecular formula is C17H23ClN4O2. The fourth-order valence-corrected chi connectivity index (χ4v) is 4.16. The molecule has 2 saturated heterocycles. The first kappa shape index (κ1) is 17.0. The quantitative estimate of drug-likeness (QED) is 0.847. The molecule has 24 heavy (non-hydrogen) atoms. The van der Waals surface area contributed by atoms with Crippen LogP contribution in [0.15, 0.2) is 24.3 Å². The molecule has 1 aromatic rings. The average Bonchev–Trinajstić information content (AvgIpc) is 3.25. The third-order valence-electron chi connectivity index (χ3n) is 5.48. The van der Waals surface area contributed by atoms with E-state index in [1.807, 2.05) is 29.2 Å². The van der Waals surface area contributed by atoms with E-state index in [-0.39, 0.29) is 30.4 Å². The maximum atomic E-state index is 12.7. The van der Waals surface area contributed by atoms with Crippen molar-refractivity contribution in [1.29, 1.82) is 0 Å². The Morgan fingerprint density at radius 1 is 1.17 bits per heavy atom. The van der Waals surface area contributed by atoms with Gasteiger partial charge in [-0.1, -0.05) is 0 Å².